The van der Waals surface area contributed by atoms with E-state index in [2.05, 4.69) is 0 Å². The van der Waals surface area contributed by atoms with Gasteiger partial charge in [0.05, 0.1) is 5.52 Å². The molecule has 0 saturated carbocycles. The Balaban J connectivity index is 2.68. The maximum absolute atomic E-state index is 13.0. The summed E-state index contributed by atoms with van der Waals surface area (Å²) in [5.74, 6) is -2.93. The first-order valence-corrected chi connectivity index (χ1v) is 4.65. The number of nitrogens with zero attached hydrogens (tertiary/aromatic N) is 1. The summed E-state index contributed by atoms with van der Waals surface area (Å²) in [6.07, 6.45) is 0. The van der Waals surface area contributed by atoms with Gasteiger partial charge < -0.3 is 9.67 Å². The molecule has 0 aliphatic carbocycles. The Morgan fingerprint density at radius 1 is 1.31 bits per heavy atom. The number of aliphatic carboxylic acids is 1. The Morgan fingerprint density at radius 2 is 1.94 bits per heavy atom. The Morgan fingerprint density at radius 3 is 2.56 bits per heavy atom. The van der Waals surface area contributed by atoms with Crippen molar-refractivity contribution in [2.24, 2.45) is 0 Å². The summed E-state index contributed by atoms with van der Waals surface area (Å²) < 4.78 is 27.4. The van der Waals surface area contributed by atoms with E-state index in [1.54, 1.807) is 13.0 Å². The number of benzene rings is 1. The van der Waals surface area contributed by atoms with Crippen molar-refractivity contribution in [3.63, 3.8) is 0 Å². The Labute approximate surface area is 89.9 Å². The fraction of sp³-hybridized carbons (Fsp3) is 0.182. The van der Waals surface area contributed by atoms with Crippen LogP contribution in [-0.4, -0.2) is 15.6 Å². The van der Waals surface area contributed by atoms with Gasteiger partial charge in [0, 0.05) is 17.1 Å². The normalized spacial score (nSPS) is 10.9. The number of rotatable bonds is 2. The smallest absolute Gasteiger partial charge is 0.323 e. The number of fused-ring (bicyclic) bond motifs is 1. The summed E-state index contributed by atoms with van der Waals surface area (Å²) in [5, 5.41) is 9.20. The van der Waals surface area contributed by atoms with Gasteiger partial charge in [0.25, 0.3) is 0 Å². The lowest BCUT2D eigenvalue weighted by Crippen LogP contribution is -2.09. The van der Waals surface area contributed by atoms with Crippen molar-refractivity contribution in [2.75, 3.05) is 0 Å². The highest BCUT2D eigenvalue weighted by atomic mass is 19.2. The molecule has 0 spiro atoms. The van der Waals surface area contributed by atoms with Crippen molar-refractivity contribution in [2.45, 2.75) is 13.5 Å². The molecule has 1 aromatic heterocycles. The third-order valence-corrected chi connectivity index (χ3v) is 2.44. The highest BCUT2D eigenvalue weighted by Gasteiger charge is 2.12. The summed E-state index contributed by atoms with van der Waals surface area (Å²) >= 11 is 0. The van der Waals surface area contributed by atoms with Crippen LogP contribution in [0.5, 0.6) is 0 Å². The molecule has 0 aliphatic heterocycles. The van der Waals surface area contributed by atoms with Crippen molar-refractivity contribution in [3.8, 4) is 0 Å². The van der Waals surface area contributed by atoms with Gasteiger partial charge in [-0.3, -0.25) is 4.79 Å². The predicted molar refractivity (Wildman–Crippen MR) is 54.2 cm³/mol. The molecule has 1 aromatic carbocycles. The summed E-state index contributed by atoms with van der Waals surface area (Å²) in [6, 6.07) is 3.71. The van der Waals surface area contributed by atoms with E-state index < -0.39 is 17.6 Å². The second kappa shape index (κ2) is 3.59. The van der Waals surface area contributed by atoms with Crippen molar-refractivity contribution in [1.82, 2.24) is 4.57 Å². The van der Waals surface area contributed by atoms with Gasteiger partial charge in [-0.05, 0) is 19.1 Å². The number of hydrogen-bond donors (Lipinski definition) is 1. The number of carboxylic acids is 1. The van der Waals surface area contributed by atoms with Crippen LogP contribution in [0.2, 0.25) is 0 Å². The van der Waals surface area contributed by atoms with Crippen LogP contribution >= 0.6 is 0 Å². The van der Waals surface area contributed by atoms with E-state index in [4.69, 9.17) is 5.11 Å². The lowest BCUT2D eigenvalue weighted by atomic mass is 10.2. The van der Waals surface area contributed by atoms with E-state index in [-0.39, 0.29) is 6.54 Å². The first-order valence-electron chi connectivity index (χ1n) is 4.65. The minimum absolute atomic E-state index is 0.263. The van der Waals surface area contributed by atoms with Crippen molar-refractivity contribution in [1.29, 1.82) is 0 Å². The van der Waals surface area contributed by atoms with Crippen LogP contribution in [0, 0.1) is 18.6 Å². The molecule has 0 saturated heterocycles. The molecule has 16 heavy (non-hydrogen) atoms. The molecule has 0 aliphatic rings. The molecule has 0 unspecified atom stereocenters. The van der Waals surface area contributed by atoms with Crippen LogP contribution in [-0.2, 0) is 11.3 Å². The van der Waals surface area contributed by atoms with E-state index >= 15 is 0 Å². The average Bonchev–Trinajstić information content (AvgIpc) is 2.45. The van der Waals surface area contributed by atoms with Gasteiger partial charge in [-0.15, -0.1) is 0 Å². The van der Waals surface area contributed by atoms with Gasteiger partial charge in [-0.1, -0.05) is 0 Å². The molecule has 0 radical (unpaired) electrons. The quantitative estimate of drug-likeness (QED) is 0.852. The monoisotopic (exact) mass is 225 g/mol. The van der Waals surface area contributed by atoms with Gasteiger partial charge in [0.1, 0.15) is 6.54 Å². The standard InChI is InChI=1S/C11H9F2NO2/c1-6-2-7-3-8(12)9(13)4-10(7)14(6)5-11(15)16/h2-4H,5H2,1H3,(H,15,16). The molecular formula is C11H9F2NO2. The largest absolute Gasteiger partial charge is 0.480 e. The second-order valence-corrected chi connectivity index (χ2v) is 3.59. The van der Waals surface area contributed by atoms with Gasteiger partial charge >= 0.3 is 5.97 Å². The van der Waals surface area contributed by atoms with Gasteiger partial charge in [-0.25, -0.2) is 8.78 Å². The minimum atomic E-state index is -1.02. The zero-order valence-corrected chi connectivity index (χ0v) is 8.50. The number of aromatic nitrogens is 1. The SMILES string of the molecule is Cc1cc2cc(F)c(F)cc2n1CC(=O)O. The van der Waals surface area contributed by atoms with Crippen LogP contribution in [0.3, 0.4) is 0 Å². The molecule has 0 fully saturated rings. The maximum Gasteiger partial charge on any atom is 0.323 e. The molecule has 0 bridgehead atoms. The summed E-state index contributed by atoms with van der Waals surface area (Å²) in [6.45, 7) is 1.43. The number of aryl methyl sites for hydroxylation is 1. The molecule has 1 heterocycles. The highest BCUT2D eigenvalue weighted by molar-refractivity contribution is 5.83. The number of halogens is 2. The first kappa shape index (κ1) is 10.6. The van der Waals surface area contributed by atoms with E-state index in [1.807, 2.05) is 0 Å². The predicted octanol–water partition coefficient (Wildman–Crippen LogP) is 2.31. The zero-order chi connectivity index (χ0) is 11.9. The average molecular weight is 225 g/mol. The van der Waals surface area contributed by atoms with Crippen LogP contribution < -0.4 is 0 Å². The lowest BCUT2D eigenvalue weighted by molar-refractivity contribution is -0.137. The molecule has 0 amide bonds. The molecule has 2 rings (SSSR count). The molecule has 2 aromatic rings. The van der Waals surface area contributed by atoms with Gasteiger partial charge in [-0.2, -0.15) is 0 Å². The molecule has 1 N–H and O–H groups in total. The third-order valence-electron chi connectivity index (χ3n) is 2.44. The first-order chi connectivity index (χ1) is 7.49. The Kier molecular flexibility index (Phi) is 2.38. The van der Waals surface area contributed by atoms with Crippen molar-refractivity contribution >= 4 is 16.9 Å². The molecular weight excluding hydrogens is 216 g/mol. The topological polar surface area (TPSA) is 42.2 Å². The summed E-state index contributed by atoms with van der Waals surface area (Å²) in [5.41, 5.74) is 1.04. The minimum Gasteiger partial charge on any atom is -0.480 e. The van der Waals surface area contributed by atoms with E-state index in [0.717, 1.165) is 12.1 Å². The van der Waals surface area contributed by atoms with Crippen LogP contribution in [0.15, 0.2) is 18.2 Å². The molecule has 0 atom stereocenters. The van der Waals surface area contributed by atoms with E-state index in [0.29, 0.717) is 16.6 Å². The number of carboxylic acid groups (broad SMARTS) is 1. The molecule has 3 nitrogen and oxygen atoms in total. The fourth-order valence-electron chi connectivity index (χ4n) is 1.74. The highest BCUT2D eigenvalue weighted by Crippen LogP contribution is 2.22. The van der Waals surface area contributed by atoms with Crippen LogP contribution in [0.25, 0.3) is 10.9 Å². The van der Waals surface area contributed by atoms with E-state index in [1.165, 1.54) is 4.57 Å². The van der Waals surface area contributed by atoms with Gasteiger partial charge in [0.2, 0.25) is 0 Å². The van der Waals surface area contributed by atoms with E-state index in [9.17, 15) is 13.6 Å². The van der Waals surface area contributed by atoms with Crippen molar-refractivity contribution in [3.05, 3.63) is 35.5 Å². The number of hydrogen-bond acceptors (Lipinski definition) is 1. The second-order valence-electron chi connectivity index (χ2n) is 3.59. The molecule has 84 valence electrons. The van der Waals surface area contributed by atoms with Gasteiger partial charge in [0.15, 0.2) is 11.6 Å². The Bertz CT molecular complexity index is 575. The Hall–Kier alpha value is -1.91. The summed E-state index contributed by atoms with van der Waals surface area (Å²) in [4.78, 5) is 10.6. The summed E-state index contributed by atoms with van der Waals surface area (Å²) in [7, 11) is 0. The third kappa shape index (κ3) is 1.64. The van der Waals surface area contributed by atoms with Crippen LogP contribution in [0.4, 0.5) is 8.78 Å². The lowest BCUT2D eigenvalue weighted by Gasteiger charge is -2.04. The fourth-order valence-corrected chi connectivity index (χ4v) is 1.74. The number of carbonyl (C=O) groups is 1. The van der Waals surface area contributed by atoms with Crippen molar-refractivity contribution < 1.29 is 18.7 Å². The molecule has 5 heteroatoms. The maximum atomic E-state index is 13.0. The van der Waals surface area contributed by atoms with Crippen LogP contribution in [0.1, 0.15) is 5.69 Å². The zero-order valence-electron chi connectivity index (χ0n) is 8.50.